The van der Waals surface area contributed by atoms with Gasteiger partial charge >= 0.3 is 0 Å². The zero-order valence-corrected chi connectivity index (χ0v) is 17.1. The molecule has 0 radical (unpaired) electrons. The van der Waals surface area contributed by atoms with E-state index < -0.39 is 6.10 Å². The van der Waals surface area contributed by atoms with Gasteiger partial charge in [0.2, 0.25) is 0 Å². The lowest BCUT2D eigenvalue weighted by atomic mass is 10.00. The number of hydrogen-bond donors (Lipinski definition) is 1. The third-order valence-electron chi connectivity index (χ3n) is 5.03. The Labute approximate surface area is 176 Å². The van der Waals surface area contributed by atoms with Crippen LogP contribution in [-0.2, 0) is 6.54 Å². The summed E-state index contributed by atoms with van der Waals surface area (Å²) in [6.07, 6.45) is -0.623. The largest absolute Gasteiger partial charge is 0.387 e. The molecule has 0 spiro atoms. The van der Waals surface area contributed by atoms with Gasteiger partial charge in [-0.05, 0) is 42.4 Å². The van der Waals surface area contributed by atoms with Crippen LogP contribution in [0.5, 0.6) is 0 Å². The van der Waals surface area contributed by atoms with E-state index in [1.165, 1.54) is 5.56 Å². The van der Waals surface area contributed by atoms with Gasteiger partial charge in [-0.15, -0.1) is 0 Å². The van der Waals surface area contributed by atoms with Gasteiger partial charge < -0.3 is 5.11 Å². The zero-order chi connectivity index (χ0) is 20.2. The van der Waals surface area contributed by atoms with E-state index in [1.54, 1.807) is 0 Å². The quantitative estimate of drug-likeness (QED) is 0.448. The highest BCUT2D eigenvalue weighted by molar-refractivity contribution is 6.30. The standard InChI is InChI=1S/C25H23ClN2O/c1-28(16-18-7-3-2-4-8-18)17-25(29)22-15-24(19-11-13-20(26)14-12-19)27-23-10-6-5-9-21(22)23/h2-15,25,29H,16-17H2,1H3/t25-/m0/s1. The lowest BCUT2D eigenvalue weighted by Crippen LogP contribution is -2.24. The Hall–Kier alpha value is -2.72. The number of aliphatic hydroxyl groups excluding tert-OH is 1. The smallest absolute Gasteiger partial charge is 0.0924 e. The van der Waals surface area contributed by atoms with Gasteiger partial charge in [0, 0.05) is 29.1 Å². The van der Waals surface area contributed by atoms with Gasteiger partial charge in [0.1, 0.15) is 0 Å². The summed E-state index contributed by atoms with van der Waals surface area (Å²) >= 11 is 6.03. The van der Waals surface area contributed by atoms with E-state index >= 15 is 0 Å². The third-order valence-corrected chi connectivity index (χ3v) is 5.28. The van der Waals surface area contributed by atoms with Crippen LogP contribution in [0.2, 0.25) is 5.02 Å². The second-order valence-corrected chi connectivity index (χ2v) is 7.76. The van der Waals surface area contributed by atoms with Crippen LogP contribution in [0.15, 0.2) is 84.9 Å². The summed E-state index contributed by atoms with van der Waals surface area (Å²) in [7, 11) is 2.03. The highest BCUT2D eigenvalue weighted by atomic mass is 35.5. The monoisotopic (exact) mass is 402 g/mol. The summed E-state index contributed by atoms with van der Waals surface area (Å²) in [5.74, 6) is 0. The molecule has 0 amide bonds. The van der Waals surface area contributed by atoms with Gasteiger partial charge in [-0.25, -0.2) is 4.98 Å². The van der Waals surface area contributed by atoms with Crippen LogP contribution >= 0.6 is 11.6 Å². The minimum atomic E-state index is -0.623. The summed E-state index contributed by atoms with van der Waals surface area (Å²) < 4.78 is 0. The van der Waals surface area contributed by atoms with Crippen LogP contribution in [0.25, 0.3) is 22.2 Å². The molecule has 4 aromatic rings. The van der Waals surface area contributed by atoms with Crippen molar-refractivity contribution < 1.29 is 5.11 Å². The summed E-state index contributed by atoms with van der Waals surface area (Å²) in [5, 5.41) is 12.8. The van der Waals surface area contributed by atoms with Gasteiger partial charge in [0.25, 0.3) is 0 Å². The molecule has 0 aliphatic rings. The Balaban J connectivity index is 1.65. The fourth-order valence-corrected chi connectivity index (χ4v) is 3.73. The first kappa shape index (κ1) is 19.6. The summed E-state index contributed by atoms with van der Waals surface area (Å²) in [6.45, 7) is 1.31. The van der Waals surface area contributed by atoms with Crippen LogP contribution in [0.4, 0.5) is 0 Å². The van der Waals surface area contributed by atoms with Crippen molar-refractivity contribution in [2.45, 2.75) is 12.6 Å². The topological polar surface area (TPSA) is 36.4 Å². The van der Waals surface area contributed by atoms with Crippen LogP contribution in [-0.4, -0.2) is 28.6 Å². The number of fused-ring (bicyclic) bond motifs is 1. The third kappa shape index (κ3) is 4.65. The fraction of sp³-hybridized carbons (Fsp3) is 0.160. The number of para-hydroxylation sites is 1. The molecular weight excluding hydrogens is 380 g/mol. The molecule has 0 unspecified atom stereocenters. The number of benzene rings is 3. The Morgan fingerprint density at radius 2 is 1.62 bits per heavy atom. The molecule has 0 aliphatic carbocycles. The number of aliphatic hydroxyl groups is 1. The second-order valence-electron chi connectivity index (χ2n) is 7.32. The highest BCUT2D eigenvalue weighted by Crippen LogP contribution is 2.29. The van der Waals surface area contributed by atoms with E-state index in [0.717, 1.165) is 34.3 Å². The van der Waals surface area contributed by atoms with Crippen LogP contribution < -0.4 is 0 Å². The molecular formula is C25H23ClN2O. The minimum Gasteiger partial charge on any atom is -0.387 e. The Kier molecular flexibility index (Phi) is 5.91. The number of halogens is 1. The molecule has 1 N–H and O–H groups in total. The van der Waals surface area contributed by atoms with Gasteiger partial charge in [-0.2, -0.15) is 0 Å². The van der Waals surface area contributed by atoms with E-state index in [4.69, 9.17) is 16.6 Å². The summed E-state index contributed by atoms with van der Waals surface area (Å²) in [4.78, 5) is 6.93. The summed E-state index contributed by atoms with van der Waals surface area (Å²) in [5.41, 5.74) is 4.80. The molecule has 4 rings (SSSR count). The SMILES string of the molecule is CN(Cc1ccccc1)C[C@H](O)c1cc(-c2ccc(Cl)cc2)nc2ccccc12. The molecule has 29 heavy (non-hydrogen) atoms. The molecule has 0 aliphatic heterocycles. The molecule has 4 heteroatoms. The molecule has 0 saturated carbocycles. The molecule has 0 bridgehead atoms. The predicted molar refractivity (Wildman–Crippen MR) is 120 cm³/mol. The van der Waals surface area contributed by atoms with E-state index in [-0.39, 0.29) is 0 Å². The first-order valence-corrected chi connectivity index (χ1v) is 10.0. The van der Waals surface area contributed by atoms with Crippen molar-refractivity contribution in [2.75, 3.05) is 13.6 Å². The van der Waals surface area contributed by atoms with Crippen molar-refractivity contribution in [3.05, 3.63) is 101 Å². The molecule has 1 heterocycles. The maximum Gasteiger partial charge on any atom is 0.0924 e. The van der Waals surface area contributed by atoms with Crippen molar-refractivity contribution in [1.82, 2.24) is 9.88 Å². The van der Waals surface area contributed by atoms with Crippen molar-refractivity contribution in [3.8, 4) is 11.3 Å². The van der Waals surface area contributed by atoms with Crippen LogP contribution in [0.3, 0.4) is 0 Å². The van der Waals surface area contributed by atoms with Gasteiger partial charge in [0.05, 0.1) is 17.3 Å². The lowest BCUT2D eigenvalue weighted by molar-refractivity contribution is 0.125. The van der Waals surface area contributed by atoms with Gasteiger partial charge in [0.15, 0.2) is 0 Å². The van der Waals surface area contributed by atoms with Gasteiger partial charge in [-0.1, -0.05) is 72.3 Å². The van der Waals surface area contributed by atoms with E-state index in [0.29, 0.717) is 11.6 Å². The number of rotatable bonds is 6. The summed E-state index contributed by atoms with van der Waals surface area (Å²) in [6, 6.07) is 27.9. The fourth-order valence-electron chi connectivity index (χ4n) is 3.60. The predicted octanol–water partition coefficient (Wildman–Crippen LogP) is 5.72. The van der Waals surface area contributed by atoms with Crippen LogP contribution in [0, 0.1) is 0 Å². The first-order valence-electron chi connectivity index (χ1n) is 9.66. The highest BCUT2D eigenvalue weighted by Gasteiger charge is 2.16. The van der Waals surface area contributed by atoms with E-state index in [1.807, 2.05) is 79.8 Å². The first-order chi connectivity index (χ1) is 14.1. The average Bonchev–Trinajstić information content (AvgIpc) is 2.74. The maximum absolute atomic E-state index is 11.1. The average molecular weight is 403 g/mol. The van der Waals surface area contributed by atoms with Crippen molar-refractivity contribution in [2.24, 2.45) is 0 Å². The minimum absolute atomic E-state index is 0.531. The van der Waals surface area contributed by atoms with Crippen molar-refractivity contribution >= 4 is 22.5 Å². The van der Waals surface area contributed by atoms with E-state index in [2.05, 4.69) is 17.0 Å². The number of hydrogen-bond acceptors (Lipinski definition) is 3. The normalized spacial score (nSPS) is 12.4. The molecule has 0 saturated heterocycles. The zero-order valence-electron chi connectivity index (χ0n) is 16.3. The number of aromatic nitrogens is 1. The molecule has 146 valence electrons. The second kappa shape index (κ2) is 8.75. The lowest BCUT2D eigenvalue weighted by Gasteiger charge is -2.22. The number of nitrogens with zero attached hydrogens (tertiary/aromatic N) is 2. The molecule has 1 aromatic heterocycles. The molecule has 0 fully saturated rings. The number of likely N-dealkylation sites (N-methyl/N-ethyl adjacent to an activating group) is 1. The van der Waals surface area contributed by atoms with E-state index in [9.17, 15) is 5.11 Å². The van der Waals surface area contributed by atoms with Crippen LogP contribution in [0.1, 0.15) is 17.2 Å². The van der Waals surface area contributed by atoms with Crippen molar-refractivity contribution in [3.63, 3.8) is 0 Å². The number of pyridine rings is 1. The molecule has 3 aromatic carbocycles. The van der Waals surface area contributed by atoms with Gasteiger partial charge in [-0.3, -0.25) is 4.90 Å². The molecule has 3 nitrogen and oxygen atoms in total. The molecule has 1 atom stereocenters. The Morgan fingerprint density at radius 3 is 2.38 bits per heavy atom. The Morgan fingerprint density at radius 1 is 0.931 bits per heavy atom. The van der Waals surface area contributed by atoms with Crippen molar-refractivity contribution in [1.29, 1.82) is 0 Å². The Bertz CT molecular complexity index is 1100. The maximum atomic E-state index is 11.1.